The zero-order chi connectivity index (χ0) is 14.7. The monoisotopic (exact) mass is 299 g/mol. The Hall–Kier alpha value is -2.09. The lowest BCUT2D eigenvalue weighted by Gasteiger charge is -2.16. The van der Waals surface area contributed by atoms with E-state index in [9.17, 15) is 13.6 Å². The van der Waals surface area contributed by atoms with Crippen molar-refractivity contribution >= 4 is 17.4 Å². The Bertz CT molecular complexity index is 601. The van der Waals surface area contributed by atoms with Crippen molar-refractivity contribution in [3.05, 3.63) is 35.1 Å². The van der Waals surface area contributed by atoms with Crippen molar-refractivity contribution in [3.8, 4) is 10.6 Å². The van der Waals surface area contributed by atoms with Crippen LogP contribution in [0.4, 0.5) is 13.6 Å². The molecular formula is C12H11F2N3O2S. The van der Waals surface area contributed by atoms with E-state index in [2.05, 4.69) is 9.97 Å². The molecular weight excluding hydrogens is 288 g/mol. The van der Waals surface area contributed by atoms with Crippen molar-refractivity contribution in [1.82, 2.24) is 15.3 Å². The first-order chi connectivity index (χ1) is 9.49. The average Bonchev–Trinajstić information content (AvgIpc) is 2.82. The first kappa shape index (κ1) is 14.3. The Morgan fingerprint density at radius 3 is 2.60 bits per heavy atom. The number of pyridine rings is 1. The number of carbonyl (C=O) groups is 1. The molecule has 5 nitrogen and oxygen atoms in total. The van der Waals surface area contributed by atoms with Crippen molar-refractivity contribution in [2.24, 2.45) is 0 Å². The van der Waals surface area contributed by atoms with Crippen molar-refractivity contribution in [2.75, 3.05) is 0 Å². The zero-order valence-corrected chi connectivity index (χ0v) is 11.2. The predicted molar refractivity (Wildman–Crippen MR) is 70.0 cm³/mol. The third-order valence-electron chi connectivity index (χ3n) is 2.65. The molecule has 2 N–H and O–H groups in total. The van der Waals surface area contributed by atoms with E-state index in [4.69, 9.17) is 5.11 Å². The van der Waals surface area contributed by atoms with Crippen LogP contribution in [0.2, 0.25) is 0 Å². The Kier molecular flexibility index (Phi) is 4.23. The fourth-order valence-electron chi connectivity index (χ4n) is 1.70. The summed E-state index contributed by atoms with van der Waals surface area (Å²) in [6, 6.07) is 1.43. The SMILES string of the molecule is Cc1ncsc1-c1ccc(C(NC(=O)O)C(F)F)cn1. The lowest BCUT2D eigenvalue weighted by molar-refractivity contribution is 0.0942. The molecule has 1 atom stereocenters. The molecule has 0 bridgehead atoms. The van der Waals surface area contributed by atoms with Crippen molar-refractivity contribution in [2.45, 2.75) is 19.4 Å². The third kappa shape index (κ3) is 3.08. The number of hydrogen-bond donors (Lipinski definition) is 2. The molecule has 0 aliphatic heterocycles. The second-order valence-corrected chi connectivity index (χ2v) is 4.86. The molecule has 0 aliphatic rings. The van der Waals surface area contributed by atoms with Gasteiger partial charge in [0.05, 0.1) is 21.8 Å². The van der Waals surface area contributed by atoms with Gasteiger partial charge in [-0.05, 0) is 18.6 Å². The lowest BCUT2D eigenvalue weighted by Crippen LogP contribution is -2.31. The molecule has 0 saturated heterocycles. The molecule has 8 heteroatoms. The normalized spacial score (nSPS) is 12.4. The summed E-state index contributed by atoms with van der Waals surface area (Å²) in [7, 11) is 0. The van der Waals surface area contributed by atoms with E-state index < -0.39 is 18.6 Å². The summed E-state index contributed by atoms with van der Waals surface area (Å²) in [5.41, 5.74) is 3.23. The third-order valence-corrected chi connectivity index (χ3v) is 3.61. The summed E-state index contributed by atoms with van der Waals surface area (Å²) in [5, 5.41) is 10.3. The first-order valence-corrected chi connectivity index (χ1v) is 6.51. The van der Waals surface area contributed by atoms with Gasteiger partial charge in [-0.1, -0.05) is 6.07 Å². The molecule has 1 amide bonds. The van der Waals surface area contributed by atoms with E-state index in [1.54, 1.807) is 16.9 Å². The maximum absolute atomic E-state index is 12.8. The second-order valence-electron chi connectivity index (χ2n) is 4.01. The van der Waals surface area contributed by atoms with Crippen LogP contribution in [0.25, 0.3) is 10.6 Å². The Morgan fingerprint density at radius 1 is 1.40 bits per heavy atom. The number of aromatic nitrogens is 2. The highest BCUT2D eigenvalue weighted by Gasteiger charge is 2.24. The topological polar surface area (TPSA) is 75.1 Å². The Balaban J connectivity index is 2.26. The number of nitrogens with one attached hydrogen (secondary N) is 1. The van der Waals surface area contributed by atoms with Crippen molar-refractivity contribution < 1.29 is 18.7 Å². The minimum Gasteiger partial charge on any atom is -0.465 e. The lowest BCUT2D eigenvalue weighted by atomic mass is 10.1. The fourth-order valence-corrected chi connectivity index (χ4v) is 2.48. The van der Waals surface area contributed by atoms with Crippen LogP contribution < -0.4 is 5.32 Å². The molecule has 0 aliphatic carbocycles. The number of alkyl halides is 2. The van der Waals surface area contributed by atoms with Crippen LogP contribution in [0, 0.1) is 6.92 Å². The number of rotatable bonds is 4. The summed E-state index contributed by atoms with van der Waals surface area (Å²) in [4.78, 5) is 19.6. The van der Waals surface area contributed by atoms with E-state index >= 15 is 0 Å². The predicted octanol–water partition coefficient (Wildman–Crippen LogP) is 3.09. The van der Waals surface area contributed by atoms with Gasteiger partial charge in [0.2, 0.25) is 0 Å². The van der Waals surface area contributed by atoms with Crippen molar-refractivity contribution in [1.29, 1.82) is 0 Å². The van der Waals surface area contributed by atoms with Gasteiger partial charge < -0.3 is 10.4 Å². The molecule has 106 valence electrons. The van der Waals surface area contributed by atoms with Gasteiger partial charge in [-0.2, -0.15) is 0 Å². The van der Waals surface area contributed by atoms with Gasteiger partial charge in [-0.25, -0.2) is 18.6 Å². The van der Waals surface area contributed by atoms with Crippen LogP contribution in [0.3, 0.4) is 0 Å². The molecule has 2 aromatic rings. The minimum absolute atomic E-state index is 0.119. The highest BCUT2D eigenvalue weighted by atomic mass is 32.1. The summed E-state index contributed by atoms with van der Waals surface area (Å²) in [5.74, 6) is 0. The van der Waals surface area contributed by atoms with E-state index in [-0.39, 0.29) is 5.56 Å². The summed E-state index contributed by atoms with van der Waals surface area (Å²) in [6.45, 7) is 1.83. The second kappa shape index (κ2) is 5.91. The number of hydrogen-bond acceptors (Lipinski definition) is 4. The van der Waals surface area contributed by atoms with Crippen LogP contribution >= 0.6 is 11.3 Å². The van der Waals surface area contributed by atoms with Crippen LogP contribution in [0.5, 0.6) is 0 Å². The molecule has 20 heavy (non-hydrogen) atoms. The maximum Gasteiger partial charge on any atom is 0.405 e. The Morgan fingerprint density at radius 2 is 2.15 bits per heavy atom. The molecule has 0 saturated carbocycles. The van der Waals surface area contributed by atoms with Crippen LogP contribution in [-0.4, -0.2) is 27.6 Å². The van der Waals surface area contributed by atoms with E-state index in [0.29, 0.717) is 5.69 Å². The van der Waals surface area contributed by atoms with Crippen molar-refractivity contribution in [3.63, 3.8) is 0 Å². The number of carboxylic acid groups (broad SMARTS) is 1. The standard InChI is InChI=1S/C12H11F2N3O2S/c1-6-10(20-5-16-6)8-3-2-7(4-15-8)9(11(13)14)17-12(18)19/h2-5,9,11,17H,1H3,(H,18,19). The zero-order valence-electron chi connectivity index (χ0n) is 10.4. The number of nitrogens with zero attached hydrogens (tertiary/aromatic N) is 2. The number of aryl methyl sites for hydroxylation is 1. The van der Waals surface area contributed by atoms with Gasteiger partial charge in [0.25, 0.3) is 6.43 Å². The van der Waals surface area contributed by atoms with Gasteiger partial charge in [0, 0.05) is 6.20 Å². The highest BCUT2D eigenvalue weighted by molar-refractivity contribution is 7.13. The van der Waals surface area contributed by atoms with Crippen LogP contribution in [-0.2, 0) is 0 Å². The minimum atomic E-state index is -2.84. The first-order valence-electron chi connectivity index (χ1n) is 5.63. The molecule has 2 rings (SSSR count). The smallest absolute Gasteiger partial charge is 0.405 e. The van der Waals surface area contributed by atoms with Gasteiger partial charge in [-0.15, -0.1) is 11.3 Å². The molecule has 0 fully saturated rings. The van der Waals surface area contributed by atoms with E-state index in [1.807, 2.05) is 6.92 Å². The van der Waals surface area contributed by atoms with E-state index in [1.165, 1.54) is 23.6 Å². The van der Waals surface area contributed by atoms with Crippen LogP contribution in [0.15, 0.2) is 23.8 Å². The largest absolute Gasteiger partial charge is 0.465 e. The average molecular weight is 299 g/mol. The highest BCUT2D eigenvalue weighted by Crippen LogP contribution is 2.27. The van der Waals surface area contributed by atoms with Crippen LogP contribution in [0.1, 0.15) is 17.3 Å². The molecule has 0 spiro atoms. The number of amides is 1. The summed E-state index contributed by atoms with van der Waals surface area (Å²) in [6.07, 6.45) is -3.09. The maximum atomic E-state index is 12.8. The molecule has 0 aromatic carbocycles. The van der Waals surface area contributed by atoms with Gasteiger partial charge in [0.1, 0.15) is 6.04 Å². The quantitative estimate of drug-likeness (QED) is 0.909. The van der Waals surface area contributed by atoms with Gasteiger partial charge >= 0.3 is 6.09 Å². The number of halogens is 2. The fraction of sp³-hybridized carbons (Fsp3) is 0.250. The molecule has 0 radical (unpaired) electrons. The summed E-state index contributed by atoms with van der Waals surface area (Å²) >= 11 is 1.40. The Labute approximate surface area is 117 Å². The summed E-state index contributed by atoms with van der Waals surface area (Å²) < 4.78 is 25.6. The van der Waals surface area contributed by atoms with E-state index in [0.717, 1.165) is 10.6 Å². The van der Waals surface area contributed by atoms with Gasteiger partial charge in [-0.3, -0.25) is 4.98 Å². The number of thiazole rings is 1. The molecule has 1 unspecified atom stereocenters. The molecule has 2 heterocycles. The van der Waals surface area contributed by atoms with Gasteiger partial charge in [0.15, 0.2) is 0 Å². The molecule has 2 aromatic heterocycles.